The van der Waals surface area contributed by atoms with Crippen LogP contribution in [0.5, 0.6) is 23.0 Å². The molecule has 1 aliphatic heterocycles. The predicted octanol–water partition coefficient (Wildman–Crippen LogP) is 4.31. The number of aliphatic hydroxyl groups excluding tert-OH is 1. The van der Waals surface area contributed by atoms with Crippen LogP contribution in [0.25, 0.3) is 16.8 Å². The first kappa shape index (κ1) is 24.7. The number of amides is 1. The van der Waals surface area contributed by atoms with E-state index in [1.165, 1.54) is 37.3 Å². The van der Waals surface area contributed by atoms with E-state index in [2.05, 4.69) is 9.97 Å². The summed E-state index contributed by atoms with van der Waals surface area (Å²) in [6.07, 6.45) is 0. The second-order valence-corrected chi connectivity index (χ2v) is 8.47. The van der Waals surface area contributed by atoms with Gasteiger partial charge in [0, 0.05) is 0 Å². The molecule has 5 rings (SSSR count). The number of methoxy groups -OCH3 is 2. The summed E-state index contributed by atoms with van der Waals surface area (Å²) in [4.78, 5) is 35.8. The molecule has 0 saturated carbocycles. The molecule has 1 unspecified atom stereocenters. The van der Waals surface area contributed by atoms with Gasteiger partial charge in [-0.2, -0.15) is 0 Å². The van der Waals surface area contributed by atoms with Gasteiger partial charge < -0.3 is 29.4 Å². The number of nitrogens with one attached hydrogen (secondary N) is 1. The number of phenols is 1. The molecule has 0 bridgehead atoms. The number of aromatic amines is 1. The lowest BCUT2D eigenvalue weighted by Crippen LogP contribution is -2.30. The Hall–Kier alpha value is -4.99. The second-order valence-electron chi connectivity index (χ2n) is 8.47. The van der Waals surface area contributed by atoms with Crippen LogP contribution in [0.2, 0.25) is 0 Å². The maximum Gasteiger partial charge on any atom is 0.302 e. The lowest BCUT2D eigenvalue weighted by molar-refractivity contribution is -0.132. The van der Waals surface area contributed by atoms with Crippen molar-refractivity contribution in [1.29, 1.82) is 0 Å². The zero-order chi connectivity index (χ0) is 27.0. The molecule has 0 aliphatic carbocycles. The molecular formula is C28H25N3O7. The first-order chi connectivity index (χ1) is 18.4. The van der Waals surface area contributed by atoms with E-state index in [4.69, 9.17) is 14.2 Å². The number of ether oxygens (including phenoxy) is 3. The van der Waals surface area contributed by atoms with Gasteiger partial charge in [-0.25, -0.2) is 4.98 Å². The maximum atomic E-state index is 13.5. The fourth-order valence-electron chi connectivity index (χ4n) is 4.54. The molecule has 1 saturated heterocycles. The van der Waals surface area contributed by atoms with Gasteiger partial charge in [0.1, 0.15) is 17.3 Å². The average Bonchev–Trinajstić information content (AvgIpc) is 3.47. The van der Waals surface area contributed by atoms with E-state index >= 15 is 0 Å². The number of H-pyrrole nitrogens is 1. The molecule has 1 atom stereocenters. The molecule has 0 spiro atoms. The normalized spacial score (nSPS) is 16.7. The molecular weight excluding hydrogens is 490 g/mol. The predicted molar refractivity (Wildman–Crippen MR) is 140 cm³/mol. The number of carbonyl (C=O) groups excluding carboxylic acids is 2. The Labute approximate surface area is 217 Å². The van der Waals surface area contributed by atoms with Crippen LogP contribution in [-0.4, -0.2) is 52.7 Å². The average molecular weight is 516 g/mol. The topological polar surface area (TPSA) is 134 Å². The number of benzene rings is 3. The first-order valence-corrected chi connectivity index (χ1v) is 11.8. The van der Waals surface area contributed by atoms with Crippen molar-refractivity contribution in [2.75, 3.05) is 25.7 Å². The molecule has 3 aromatic carbocycles. The maximum absolute atomic E-state index is 13.5. The van der Waals surface area contributed by atoms with Crippen molar-refractivity contribution in [2.24, 2.45) is 0 Å². The number of aromatic hydroxyl groups is 1. The summed E-state index contributed by atoms with van der Waals surface area (Å²) in [5.74, 6) is -1.37. The molecule has 10 nitrogen and oxygen atoms in total. The number of aliphatic hydroxyl groups is 1. The molecule has 1 amide bonds. The minimum atomic E-state index is -1.11. The van der Waals surface area contributed by atoms with Crippen LogP contribution in [0, 0.1) is 0 Å². The summed E-state index contributed by atoms with van der Waals surface area (Å²) in [5.41, 5.74) is 1.66. The summed E-state index contributed by atoms with van der Waals surface area (Å²) in [7, 11) is 2.90. The summed E-state index contributed by atoms with van der Waals surface area (Å²) in [6.45, 7) is 2.05. The molecule has 0 radical (unpaired) electrons. The highest BCUT2D eigenvalue weighted by Gasteiger charge is 2.48. The monoisotopic (exact) mass is 515 g/mol. The van der Waals surface area contributed by atoms with E-state index in [1.807, 2.05) is 12.1 Å². The number of aromatic nitrogens is 2. The Morgan fingerprint density at radius 1 is 1.03 bits per heavy atom. The van der Waals surface area contributed by atoms with Gasteiger partial charge in [0.15, 0.2) is 11.5 Å². The summed E-state index contributed by atoms with van der Waals surface area (Å²) in [6, 6.07) is 15.3. The highest BCUT2D eigenvalue weighted by atomic mass is 16.5. The van der Waals surface area contributed by atoms with Gasteiger partial charge in [0.2, 0.25) is 5.95 Å². The van der Waals surface area contributed by atoms with E-state index in [1.54, 1.807) is 37.3 Å². The number of nitrogens with zero attached hydrogens (tertiary/aromatic N) is 2. The Bertz CT molecular complexity index is 1560. The van der Waals surface area contributed by atoms with Gasteiger partial charge in [-0.3, -0.25) is 14.5 Å². The van der Waals surface area contributed by atoms with Gasteiger partial charge in [-0.15, -0.1) is 0 Å². The fourth-order valence-corrected chi connectivity index (χ4v) is 4.54. The molecule has 1 aromatic heterocycles. The molecule has 194 valence electrons. The number of ketones is 1. The standard InChI is InChI=1S/C28H25N3O7/c1-4-38-22-13-15(9-11-20(22)32)24-23(25(33)17-14-16(36-2)10-12-21(17)37-3)26(34)27(35)31(24)28-29-18-7-5-6-8-19(18)30-28/h5-14,24,32-33H,4H2,1-3H3,(H,29,30)/b25-23+. The number of para-hydroxylation sites is 2. The molecule has 10 heteroatoms. The number of hydrogen-bond donors (Lipinski definition) is 3. The summed E-state index contributed by atoms with van der Waals surface area (Å²) in [5, 5.41) is 21.8. The van der Waals surface area contributed by atoms with Crippen molar-refractivity contribution in [3.05, 3.63) is 77.4 Å². The van der Waals surface area contributed by atoms with Gasteiger partial charge in [-0.1, -0.05) is 18.2 Å². The molecule has 38 heavy (non-hydrogen) atoms. The summed E-state index contributed by atoms with van der Waals surface area (Å²) < 4.78 is 16.3. The van der Waals surface area contributed by atoms with E-state index < -0.39 is 23.5 Å². The number of rotatable bonds is 7. The minimum absolute atomic E-state index is 0.106. The second kappa shape index (κ2) is 9.81. The SMILES string of the molecule is CCOc1cc(C2/C(=C(\O)c3cc(OC)ccc3OC)C(=O)C(=O)N2c2nc3ccccc3[nH]2)ccc1O. The van der Waals surface area contributed by atoms with Gasteiger partial charge in [0.05, 0.1) is 49.0 Å². The van der Waals surface area contributed by atoms with E-state index in [-0.39, 0.29) is 40.9 Å². The number of carbonyl (C=O) groups is 2. The number of Topliss-reactive ketones (excluding diaryl/α,β-unsaturated/α-hetero) is 1. The highest BCUT2D eigenvalue weighted by molar-refractivity contribution is 6.51. The largest absolute Gasteiger partial charge is 0.507 e. The number of anilines is 1. The fraction of sp³-hybridized carbons (Fsp3) is 0.179. The zero-order valence-electron chi connectivity index (χ0n) is 20.9. The quantitative estimate of drug-likeness (QED) is 0.188. The number of imidazole rings is 1. The molecule has 1 aliphatic rings. The Morgan fingerprint density at radius 2 is 1.82 bits per heavy atom. The Kier molecular flexibility index (Phi) is 6.38. The van der Waals surface area contributed by atoms with Crippen LogP contribution >= 0.6 is 0 Å². The highest BCUT2D eigenvalue weighted by Crippen LogP contribution is 2.45. The van der Waals surface area contributed by atoms with Crippen LogP contribution in [0.15, 0.2) is 66.2 Å². The van der Waals surface area contributed by atoms with E-state index in [0.29, 0.717) is 22.3 Å². The molecule has 4 aromatic rings. The van der Waals surface area contributed by atoms with Crippen LogP contribution < -0.4 is 19.1 Å². The number of hydrogen-bond acceptors (Lipinski definition) is 8. The van der Waals surface area contributed by atoms with Crippen LogP contribution in [-0.2, 0) is 9.59 Å². The third-order valence-electron chi connectivity index (χ3n) is 6.31. The molecule has 3 N–H and O–H groups in total. The molecule has 1 fully saturated rings. The van der Waals surface area contributed by atoms with Crippen molar-refractivity contribution in [1.82, 2.24) is 9.97 Å². The lowest BCUT2D eigenvalue weighted by atomic mass is 9.94. The lowest BCUT2D eigenvalue weighted by Gasteiger charge is -2.24. The van der Waals surface area contributed by atoms with Gasteiger partial charge in [0.25, 0.3) is 5.78 Å². The van der Waals surface area contributed by atoms with Gasteiger partial charge >= 0.3 is 5.91 Å². The first-order valence-electron chi connectivity index (χ1n) is 11.8. The smallest absolute Gasteiger partial charge is 0.302 e. The van der Waals surface area contributed by atoms with E-state index in [0.717, 1.165) is 0 Å². The Balaban J connectivity index is 1.77. The Morgan fingerprint density at radius 3 is 2.53 bits per heavy atom. The number of phenolic OH excluding ortho intramolecular Hbond substituents is 1. The molecule has 2 heterocycles. The van der Waals surface area contributed by atoms with Crippen molar-refractivity contribution in [3.63, 3.8) is 0 Å². The van der Waals surface area contributed by atoms with Crippen molar-refractivity contribution < 1.29 is 34.0 Å². The van der Waals surface area contributed by atoms with E-state index in [9.17, 15) is 19.8 Å². The van der Waals surface area contributed by atoms with Crippen LogP contribution in [0.4, 0.5) is 5.95 Å². The van der Waals surface area contributed by atoms with Crippen LogP contribution in [0.3, 0.4) is 0 Å². The third-order valence-corrected chi connectivity index (χ3v) is 6.31. The minimum Gasteiger partial charge on any atom is -0.507 e. The van der Waals surface area contributed by atoms with Gasteiger partial charge in [-0.05, 0) is 55.0 Å². The number of fused-ring (bicyclic) bond motifs is 1. The summed E-state index contributed by atoms with van der Waals surface area (Å²) >= 11 is 0. The third kappa shape index (κ3) is 4.05. The van der Waals surface area contributed by atoms with Crippen molar-refractivity contribution in [3.8, 4) is 23.0 Å². The van der Waals surface area contributed by atoms with Crippen LogP contribution in [0.1, 0.15) is 24.1 Å². The zero-order valence-corrected chi connectivity index (χ0v) is 20.9. The van der Waals surface area contributed by atoms with Crippen molar-refractivity contribution >= 4 is 34.4 Å². The van der Waals surface area contributed by atoms with Crippen molar-refractivity contribution in [2.45, 2.75) is 13.0 Å².